The molecule has 3 aromatic rings. The van der Waals surface area contributed by atoms with Crippen molar-refractivity contribution in [2.24, 2.45) is 0 Å². The minimum absolute atomic E-state index is 0.369. The van der Waals surface area contributed by atoms with E-state index in [1.807, 2.05) is 26.0 Å². The molecule has 3 rings (SSSR count). The molecule has 2 aromatic heterocycles. The number of nitrogens with one attached hydrogen (secondary N) is 4. The molecule has 1 aromatic carbocycles. The molecule has 0 spiro atoms. The first-order chi connectivity index (χ1) is 10.6. The quantitative estimate of drug-likeness (QED) is 0.546. The number of hydrogen-bond acceptors (Lipinski definition) is 2. The molecule has 22 heavy (non-hydrogen) atoms. The first kappa shape index (κ1) is 13.9. The monoisotopic (exact) mass is 296 g/mol. The number of amides is 2. The van der Waals surface area contributed by atoms with Gasteiger partial charge in [0.2, 0.25) is 0 Å². The Morgan fingerprint density at radius 2 is 1.77 bits per heavy atom. The molecule has 0 bridgehead atoms. The predicted octanol–water partition coefficient (Wildman–Crippen LogP) is 2.19. The fraction of sp³-hybridized carbons (Fsp3) is 0.125. The third-order valence-electron chi connectivity index (χ3n) is 3.72. The summed E-state index contributed by atoms with van der Waals surface area (Å²) in [5.41, 5.74) is 8.58. The van der Waals surface area contributed by atoms with E-state index in [4.69, 9.17) is 0 Å². The highest BCUT2D eigenvalue weighted by Crippen LogP contribution is 2.23. The first-order valence-electron chi connectivity index (χ1n) is 6.90. The number of H-pyrrole nitrogens is 2. The summed E-state index contributed by atoms with van der Waals surface area (Å²) in [5.74, 6) is -0.767. The summed E-state index contributed by atoms with van der Waals surface area (Å²) < 4.78 is 0. The Morgan fingerprint density at radius 1 is 1.00 bits per heavy atom. The Labute approximate surface area is 126 Å². The van der Waals surface area contributed by atoms with E-state index < -0.39 is 5.91 Å². The second-order valence-corrected chi connectivity index (χ2v) is 5.10. The van der Waals surface area contributed by atoms with Gasteiger partial charge in [0, 0.05) is 17.3 Å². The molecule has 4 N–H and O–H groups in total. The molecular weight excluding hydrogens is 280 g/mol. The van der Waals surface area contributed by atoms with Gasteiger partial charge in [-0.1, -0.05) is 12.1 Å². The summed E-state index contributed by atoms with van der Waals surface area (Å²) >= 11 is 0. The Kier molecular flexibility index (Phi) is 3.42. The molecule has 0 aliphatic rings. The van der Waals surface area contributed by atoms with Crippen LogP contribution in [0.1, 0.15) is 32.1 Å². The van der Waals surface area contributed by atoms with Gasteiger partial charge in [0.1, 0.15) is 5.69 Å². The van der Waals surface area contributed by atoms with Crippen LogP contribution in [-0.4, -0.2) is 21.8 Å². The van der Waals surface area contributed by atoms with E-state index in [0.29, 0.717) is 11.3 Å². The Balaban J connectivity index is 1.81. The molecule has 0 saturated heterocycles. The van der Waals surface area contributed by atoms with Gasteiger partial charge in [0.25, 0.3) is 11.8 Å². The number of carbonyl (C=O) groups is 2. The van der Waals surface area contributed by atoms with Gasteiger partial charge in [-0.25, -0.2) is 0 Å². The van der Waals surface area contributed by atoms with Crippen LogP contribution in [0, 0.1) is 13.8 Å². The van der Waals surface area contributed by atoms with Crippen molar-refractivity contribution < 1.29 is 9.59 Å². The lowest BCUT2D eigenvalue weighted by molar-refractivity contribution is 0.0845. The molecule has 6 heteroatoms. The standard InChI is InChI=1S/C16H16N4O2/c1-9-10(2)18-14-11(9)5-3-6-12(14)15(21)19-20-16(22)13-7-4-8-17-13/h3-8,17-18H,1-2H3,(H,19,21)(H,20,22). The van der Waals surface area contributed by atoms with Gasteiger partial charge in [-0.3, -0.25) is 20.4 Å². The molecule has 0 unspecified atom stereocenters. The van der Waals surface area contributed by atoms with E-state index in [0.717, 1.165) is 22.2 Å². The van der Waals surface area contributed by atoms with Crippen molar-refractivity contribution in [1.29, 1.82) is 0 Å². The molecule has 2 amide bonds. The number of hydrazine groups is 1. The molecule has 0 atom stereocenters. The highest BCUT2D eigenvalue weighted by Gasteiger charge is 2.15. The first-order valence-corrected chi connectivity index (χ1v) is 6.90. The van der Waals surface area contributed by atoms with Crippen LogP contribution < -0.4 is 10.9 Å². The SMILES string of the molecule is Cc1[nH]c2c(C(=O)NNC(=O)c3ccc[nH]3)cccc2c1C. The molecule has 0 aliphatic carbocycles. The topological polar surface area (TPSA) is 89.8 Å². The Morgan fingerprint density at radius 3 is 2.50 bits per heavy atom. The molecule has 2 heterocycles. The Bertz CT molecular complexity index is 847. The van der Waals surface area contributed by atoms with Crippen LogP contribution in [0.15, 0.2) is 36.5 Å². The van der Waals surface area contributed by atoms with Crippen LogP contribution in [0.25, 0.3) is 10.9 Å². The lowest BCUT2D eigenvalue weighted by atomic mass is 10.1. The number of benzene rings is 1. The minimum Gasteiger partial charge on any atom is -0.358 e. The van der Waals surface area contributed by atoms with E-state index in [1.54, 1.807) is 24.4 Å². The molecule has 6 nitrogen and oxygen atoms in total. The number of aromatic nitrogens is 2. The Hall–Kier alpha value is -3.02. The second-order valence-electron chi connectivity index (χ2n) is 5.10. The molecule has 0 fully saturated rings. The van der Waals surface area contributed by atoms with Gasteiger partial charge < -0.3 is 9.97 Å². The zero-order valence-electron chi connectivity index (χ0n) is 12.3. The van der Waals surface area contributed by atoms with Crippen LogP contribution in [-0.2, 0) is 0 Å². The zero-order valence-corrected chi connectivity index (χ0v) is 12.3. The second kappa shape index (κ2) is 5.40. The van der Waals surface area contributed by atoms with Crippen molar-refractivity contribution in [2.75, 3.05) is 0 Å². The van der Waals surface area contributed by atoms with Crippen molar-refractivity contribution in [2.45, 2.75) is 13.8 Å². The van der Waals surface area contributed by atoms with Gasteiger partial charge in [-0.15, -0.1) is 0 Å². The van der Waals surface area contributed by atoms with Crippen LogP contribution >= 0.6 is 0 Å². The van der Waals surface area contributed by atoms with Gasteiger partial charge in [0.05, 0.1) is 11.1 Å². The van der Waals surface area contributed by atoms with Crippen molar-refractivity contribution >= 4 is 22.7 Å². The molecule has 112 valence electrons. The minimum atomic E-state index is -0.399. The number of carbonyl (C=O) groups excluding carboxylic acids is 2. The van der Waals surface area contributed by atoms with Crippen LogP contribution in [0.4, 0.5) is 0 Å². The normalized spacial score (nSPS) is 10.6. The van der Waals surface area contributed by atoms with Crippen molar-refractivity contribution in [1.82, 2.24) is 20.8 Å². The third-order valence-corrected chi connectivity index (χ3v) is 3.72. The summed E-state index contributed by atoms with van der Waals surface area (Å²) in [6, 6.07) is 8.84. The summed E-state index contributed by atoms with van der Waals surface area (Å²) in [6.07, 6.45) is 1.64. The van der Waals surface area contributed by atoms with Crippen molar-refractivity contribution in [3.05, 3.63) is 59.0 Å². The smallest absolute Gasteiger partial charge is 0.286 e. The summed E-state index contributed by atoms with van der Waals surface area (Å²) in [4.78, 5) is 30.1. The number of para-hydroxylation sites is 1. The van der Waals surface area contributed by atoms with Crippen LogP contribution in [0.5, 0.6) is 0 Å². The van der Waals surface area contributed by atoms with E-state index >= 15 is 0 Å². The van der Waals surface area contributed by atoms with Crippen LogP contribution in [0.3, 0.4) is 0 Å². The maximum atomic E-state index is 12.3. The lowest BCUT2D eigenvalue weighted by Gasteiger charge is -2.07. The van der Waals surface area contributed by atoms with Gasteiger partial charge in [-0.2, -0.15) is 0 Å². The molecule has 0 radical (unpaired) electrons. The lowest BCUT2D eigenvalue weighted by Crippen LogP contribution is -2.41. The average molecular weight is 296 g/mol. The summed E-state index contributed by atoms with van der Waals surface area (Å²) in [5, 5.41) is 1.00. The number of aromatic amines is 2. The maximum absolute atomic E-state index is 12.3. The van der Waals surface area contributed by atoms with Crippen molar-refractivity contribution in [3.63, 3.8) is 0 Å². The highest BCUT2D eigenvalue weighted by molar-refractivity contribution is 6.07. The van der Waals surface area contributed by atoms with E-state index in [9.17, 15) is 9.59 Å². The third kappa shape index (κ3) is 2.35. The fourth-order valence-electron chi connectivity index (χ4n) is 2.39. The van der Waals surface area contributed by atoms with Gasteiger partial charge >= 0.3 is 0 Å². The van der Waals surface area contributed by atoms with Crippen molar-refractivity contribution in [3.8, 4) is 0 Å². The average Bonchev–Trinajstić information content (AvgIpc) is 3.14. The van der Waals surface area contributed by atoms with Gasteiger partial charge in [-0.05, 0) is 37.6 Å². The molecular formula is C16H16N4O2. The summed E-state index contributed by atoms with van der Waals surface area (Å²) in [7, 11) is 0. The summed E-state index contributed by atoms with van der Waals surface area (Å²) in [6.45, 7) is 3.97. The van der Waals surface area contributed by atoms with E-state index in [-0.39, 0.29) is 5.91 Å². The van der Waals surface area contributed by atoms with E-state index in [2.05, 4.69) is 20.8 Å². The zero-order chi connectivity index (χ0) is 15.7. The van der Waals surface area contributed by atoms with E-state index in [1.165, 1.54) is 0 Å². The number of aryl methyl sites for hydroxylation is 2. The number of fused-ring (bicyclic) bond motifs is 1. The molecule has 0 aliphatic heterocycles. The maximum Gasteiger partial charge on any atom is 0.286 e. The van der Waals surface area contributed by atoms with Gasteiger partial charge in [0.15, 0.2) is 0 Å². The number of rotatable bonds is 2. The fourth-order valence-corrected chi connectivity index (χ4v) is 2.39. The molecule has 0 saturated carbocycles. The largest absolute Gasteiger partial charge is 0.358 e. The highest BCUT2D eigenvalue weighted by atomic mass is 16.2. The predicted molar refractivity (Wildman–Crippen MR) is 83.5 cm³/mol. The number of hydrogen-bond donors (Lipinski definition) is 4. The van der Waals surface area contributed by atoms with Crippen LogP contribution in [0.2, 0.25) is 0 Å².